The average molecular weight is 449 g/mol. The number of aryl methyl sites for hydroxylation is 1. The number of carbonyl (C=O) groups is 2. The first-order chi connectivity index (χ1) is 15.5. The van der Waals surface area contributed by atoms with Crippen LogP contribution in [-0.4, -0.2) is 46.4 Å². The van der Waals surface area contributed by atoms with Gasteiger partial charge >= 0.3 is 0 Å². The zero-order chi connectivity index (χ0) is 22.4. The first kappa shape index (κ1) is 20.5. The number of fused-ring (bicyclic) bond motifs is 2. The Balaban J connectivity index is 1.51. The van der Waals surface area contributed by atoms with E-state index in [0.29, 0.717) is 21.9 Å². The van der Waals surface area contributed by atoms with Crippen LogP contribution in [-0.2, 0) is 7.05 Å². The fraction of sp³-hybridized carbons (Fsp3) is 0.292. The molecule has 2 amide bonds. The molecule has 1 aromatic carbocycles. The van der Waals surface area contributed by atoms with E-state index in [0.717, 1.165) is 52.7 Å². The molecule has 1 fully saturated rings. The van der Waals surface area contributed by atoms with Gasteiger partial charge in [-0.2, -0.15) is 0 Å². The Morgan fingerprint density at radius 3 is 2.69 bits per heavy atom. The predicted molar refractivity (Wildman–Crippen MR) is 126 cm³/mol. The monoisotopic (exact) mass is 448 g/mol. The van der Waals surface area contributed by atoms with Gasteiger partial charge in [-0.15, -0.1) is 11.3 Å². The van der Waals surface area contributed by atoms with Gasteiger partial charge in [0.2, 0.25) is 0 Å². The quantitative estimate of drug-likeness (QED) is 0.499. The molecule has 164 valence electrons. The number of nitrogens with zero attached hydrogens (tertiary/aromatic N) is 3. The van der Waals surface area contributed by atoms with Crippen LogP contribution in [0.15, 0.2) is 36.5 Å². The summed E-state index contributed by atoms with van der Waals surface area (Å²) in [6.07, 6.45) is 3.82. The summed E-state index contributed by atoms with van der Waals surface area (Å²) in [4.78, 5) is 32.2. The first-order valence-electron chi connectivity index (χ1n) is 10.6. The molecule has 4 heterocycles. The average Bonchev–Trinajstić information content (AvgIpc) is 3.53. The normalized spacial score (nSPS) is 13.8. The van der Waals surface area contributed by atoms with Crippen LogP contribution in [0.1, 0.15) is 38.6 Å². The van der Waals surface area contributed by atoms with Crippen LogP contribution in [0.25, 0.3) is 21.1 Å². The smallest absolute Gasteiger partial charge is 0.264 e. The minimum absolute atomic E-state index is 0.0684. The van der Waals surface area contributed by atoms with Crippen molar-refractivity contribution in [2.75, 3.05) is 20.1 Å². The van der Waals surface area contributed by atoms with Crippen LogP contribution >= 0.6 is 11.3 Å². The number of rotatable bonds is 4. The zero-order valence-corrected chi connectivity index (χ0v) is 19.1. The molecular formula is C24H24N4O3S. The van der Waals surface area contributed by atoms with Gasteiger partial charge in [0.25, 0.3) is 11.8 Å². The highest BCUT2D eigenvalue weighted by Gasteiger charge is 2.23. The number of hydrogen-bond donors (Lipinski definition) is 1. The largest absolute Gasteiger partial charge is 0.456 e. The van der Waals surface area contributed by atoms with E-state index in [1.807, 2.05) is 53.8 Å². The predicted octanol–water partition coefficient (Wildman–Crippen LogP) is 4.48. The Labute approximate surface area is 189 Å². The lowest BCUT2D eigenvalue weighted by Gasteiger charge is -2.13. The highest BCUT2D eigenvalue weighted by atomic mass is 32.1. The van der Waals surface area contributed by atoms with Gasteiger partial charge in [-0.3, -0.25) is 14.6 Å². The SMILES string of the molecule is CNC(=O)c1c(C)n(C)c2cc(Oc3ccnc4cc(C(=O)N5CCCC5)sc34)ccc12. The molecule has 0 aliphatic carbocycles. The third-order valence-corrected chi connectivity index (χ3v) is 7.25. The van der Waals surface area contributed by atoms with E-state index in [4.69, 9.17) is 4.74 Å². The van der Waals surface area contributed by atoms with Gasteiger partial charge in [-0.05, 0) is 38.0 Å². The summed E-state index contributed by atoms with van der Waals surface area (Å²) >= 11 is 1.42. The van der Waals surface area contributed by atoms with Gasteiger partial charge in [-0.25, -0.2) is 0 Å². The van der Waals surface area contributed by atoms with E-state index in [1.54, 1.807) is 13.2 Å². The van der Waals surface area contributed by atoms with Crippen LogP contribution in [0.2, 0.25) is 0 Å². The lowest BCUT2D eigenvalue weighted by Crippen LogP contribution is -2.26. The molecule has 0 atom stereocenters. The third-order valence-electron chi connectivity index (χ3n) is 6.13. The van der Waals surface area contributed by atoms with E-state index in [2.05, 4.69) is 10.3 Å². The summed E-state index contributed by atoms with van der Waals surface area (Å²) in [5.41, 5.74) is 3.24. The molecule has 0 radical (unpaired) electrons. The van der Waals surface area contributed by atoms with Gasteiger partial charge in [0.15, 0.2) is 0 Å². The van der Waals surface area contributed by atoms with Crippen LogP contribution in [0.4, 0.5) is 0 Å². The second-order valence-electron chi connectivity index (χ2n) is 8.01. The number of nitrogens with one attached hydrogen (secondary N) is 1. The maximum absolute atomic E-state index is 12.8. The molecular weight excluding hydrogens is 424 g/mol. The van der Waals surface area contributed by atoms with Gasteiger partial charge in [0.1, 0.15) is 11.5 Å². The number of carbonyl (C=O) groups excluding carboxylic acids is 2. The van der Waals surface area contributed by atoms with Crippen molar-refractivity contribution >= 4 is 44.3 Å². The number of hydrogen-bond acceptors (Lipinski definition) is 5. The van der Waals surface area contributed by atoms with Crippen molar-refractivity contribution in [3.8, 4) is 11.5 Å². The molecule has 0 spiro atoms. The minimum atomic E-state index is -0.105. The maximum atomic E-state index is 12.8. The Kier molecular flexibility index (Phi) is 5.09. The molecule has 1 saturated heterocycles. The van der Waals surface area contributed by atoms with E-state index < -0.39 is 0 Å². The van der Waals surface area contributed by atoms with E-state index >= 15 is 0 Å². The lowest BCUT2D eigenvalue weighted by molar-refractivity contribution is 0.0797. The molecule has 4 aromatic rings. The summed E-state index contributed by atoms with van der Waals surface area (Å²) in [5, 5.41) is 3.59. The molecule has 8 heteroatoms. The van der Waals surface area contributed by atoms with Crippen molar-refractivity contribution in [1.29, 1.82) is 0 Å². The fourth-order valence-electron chi connectivity index (χ4n) is 4.32. The number of pyridine rings is 1. The van der Waals surface area contributed by atoms with Crippen LogP contribution in [0, 0.1) is 6.92 Å². The van der Waals surface area contributed by atoms with Crippen molar-refractivity contribution in [3.63, 3.8) is 0 Å². The molecule has 7 nitrogen and oxygen atoms in total. The summed E-state index contributed by atoms with van der Waals surface area (Å²) in [6, 6.07) is 9.39. The Morgan fingerprint density at radius 1 is 1.16 bits per heavy atom. The van der Waals surface area contributed by atoms with E-state index in [9.17, 15) is 9.59 Å². The van der Waals surface area contributed by atoms with Gasteiger partial charge in [0.05, 0.1) is 26.2 Å². The van der Waals surface area contributed by atoms with Crippen molar-refractivity contribution in [2.45, 2.75) is 19.8 Å². The molecule has 1 aliphatic rings. The molecule has 1 N–H and O–H groups in total. The summed E-state index contributed by atoms with van der Waals surface area (Å²) in [7, 11) is 3.57. The minimum Gasteiger partial charge on any atom is -0.456 e. The number of thiophene rings is 1. The summed E-state index contributed by atoms with van der Waals surface area (Å²) < 4.78 is 9.08. The number of benzene rings is 1. The first-order valence-corrected chi connectivity index (χ1v) is 11.5. The summed E-state index contributed by atoms with van der Waals surface area (Å²) in [5.74, 6) is 1.29. The van der Waals surface area contributed by atoms with Crippen LogP contribution in [0.5, 0.6) is 11.5 Å². The summed E-state index contributed by atoms with van der Waals surface area (Å²) in [6.45, 7) is 3.57. The number of likely N-dealkylation sites (tertiary alicyclic amines) is 1. The van der Waals surface area contributed by atoms with E-state index in [-0.39, 0.29) is 11.8 Å². The maximum Gasteiger partial charge on any atom is 0.264 e. The Morgan fingerprint density at radius 2 is 1.94 bits per heavy atom. The number of ether oxygens (including phenoxy) is 1. The Bertz CT molecular complexity index is 1360. The topological polar surface area (TPSA) is 76.5 Å². The number of amides is 2. The van der Waals surface area contributed by atoms with Crippen LogP contribution < -0.4 is 10.1 Å². The second kappa shape index (κ2) is 7.94. The van der Waals surface area contributed by atoms with E-state index in [1.165, 1.54) is 11.3 Å². The fourth-order valence-corrected chi connectivity index (χ4v) is 5.36. The van der Waals surface area contributed by atoms with Gasteiger partial charge < -0.3 is 19.5 Å². The van der Waals surface area contributed by atoms with Crippen molar-refractivity contribution in [3.05, 3.63) is 52.7 Å². The molecule has 0 unspecified atom stereocenters. The van der Waals surface area contributed by atoms with Gasteiger partial charge in [0, 0.05) is 56.6 Å². The molecule has 0 bridgehead atoms. The van der Waals surface area contributed by atoms with Crippen molar-refractivity contribution < 1.29 is 14.3 Å². The molecule has 32 heavy (non-hydrogen) atoms. The Hall–Kier alpha value is -3.39. The zero-order valence-electron chi connectivity index (χ0n) is 18.3. The molecule has 1 aliphatic heterocycles. The van der Waals surface area contributed by atoms with Gasteiger partial charge in [-0.1, -0.05) is 0 Å². The second-order valence-corrected chi connectivity index (χ2v) is 9.07. The molecule has 0 saturated carbocycles. The number of aromatic nitrogens is 2. The van der Waals surface area contributed by atoms with Crippen molar-refractivity contribution in [2.24, 2.45) is 7.05 Å². The van der Waals surface area contributed by atoms with Crippen LogP contribution in [0.3, 0.4) is 0 Å². The highest BCUT2D eigenvalue weighted by molar-refractivity contribution is 7.21. The third kappa shape index (κ3) is 3.31. The highest BCUT2D eigenvalue weighted by Crippen LogP contribution is 2.37. The van der Waals surface area contributed by atoms with Crippen molar-refractivity contribution in [1.82, 2.24) is 19.8 Å². The standard InChI is InChI=1S/C24H24N4O3S/c1-14-21(23(29)25-2)16-7-6-15(12-18(16)27(14)3)31-19-8-9-26-17-13-20(32-22(17)19)24(30)28-10-4-5-11-28/h6-9,12-13H,4-5,10-11H2,1-3H3,(H,25,29). The molecule has 3 aromatic heterocycles. The molecule has 5 rings (SSSR count). The lowest BCUT2D eigenvalue weighted by atomic mass is 10.1.